The van der Waals surface area contributed by atoms with E-state index in [1.54, 1.807) is 24.9 Å². The lowest BCUT2D eigenvalue weighted by Gasteiger charge is -2.23. The molecular formula is C20H23ClN2O3. The van der Waals surface area contributed by atoms with Crippen molar-refractivity contribution < 1.29 is 14.7 Å². The Kier molecular flexibility index (Phi) is 7.18. The highest BCUT2D eigenvalue weighted by atomic mass is 35.5. The Morgan fingerprint density at radius 1 is 1.12 bits per heavy atom. The van der Waals surface area contributed by atoms with Crippen molar-refractivity contribution in [2.75, 3.05) is 20.1 Å². The average molecular weight is 375 g/mol. The number of carboxylic acid groups (broad SMARTS) is 1. The number of amides is 1. The fourth-order valence-corrected chi connectivity index (χ4v) is 2.95. The molecule has 6 heteroatoms. The number of carbonyl (C=O) groups is 2. The first-order valence-corrected chi connectivity index (χ1v) is 8.75. The van der Waals surface area contributed by atoms with E-state index in [0.29, 0.717) is 11.6 Å². The van der Waals surface area contributed by atoms with E-state index in [1.165, 1.54) is 0 Å². The summed E-state index contributed by atoms with van der Waals surface area (Å²) in [6.07, 6.45) is 0. The Labute approximate surface area is 158 Å². The van der Waals surface area contributed by atoms with Crippen molar-refractivity contribution in [1.82, 2.24) is 10.2 Å². The number of hydrogen-bond donors (Lipinski definition) is 2. The Balaban J connectivity index is 2.12. The van der Waals surface area contributed by atoms with Gasteiger partial charge in [-0.05, 0) is 30.3 Å². The lowest BCUT2D eigenvalue weighted by Crippen LogP contribution is -2.39. The van der Waals surface area contributed by atoms with Crippen molar-refractivity contribution >= 4 is 23.5 Å². The van der Waals surface area contributed by atoms with E-state index in [1.807, 2.05) is 48.5 Å². The molecule has 1 amide bonds. The number of nitrogens with one attached hydrogen (secondary N) is 1. The molecule has 2 aromatic rings. The molecule has 0 aliphatic rings. The van der Waals surface area contributed by atoms with Gasteiger partial charge in [0.15, 0.2) is 0 Å². The number of likely N-dealkylation sites (N-methyl/N-ethyl adjacent to an activating group) is 1. The standard InChI is InChI=1S/C20H23ClN2O3/c1-14(20(25)26)12-23(2)13-18(24)22-19(15-7-4-3-5-8-15)16-9-6-10-17(21)11-16/h3-11,14,19H,12-13H2,1-2H3,(H,22,24)(H,25,26). The van der Waals surface area contributed by atoms with E-state index in [0.717, 1.165) is 11.1 Å². The Morgan fingerprint density at radius 3 is 2.38 bits per heavy atom. The van der Waals surface area contributed by atoms with Gasteiger partial charge in [0.2, 0.25) is 5.91 Å². The molecule has 0 aliphatic heterocycles. The minimum absolute atomic E-state index is 0.113. The van der Waals surface area contributed by atoms with E-state index in [2.05, 4.69) is 5.32 Å². The molecule has 0 saturated heterocycles. The zero-order chi connectivity index (χ0) is 19.1. The molecular weight excluding hydrogens is 352 g/mol. The van der Waals surface area contributed by atoms with Gasteiger partial charge in [0.1, 0.15) is 0 Å². The number of hydrogen-bond acceptors (Lipinski definition) is 3. The van der Waals surface area contributed by atoms with Crippen LogP contribution in [0, 0.1) is 5.92 Å². The third-order valence-electron chi connectivity index (χ3n) is 4.04. The van der Waals surface area contributed by atoms with Crippen molar-refractivity contribution in [3.8, 4) is 0 Å². The van der Waals surface area contributed by atoms with E-state index >= 15 is 0 Å². The van der Waals surface area contributed by atoms with Crippen LogP contribution in [0.4, 0.5) is 0 Å². The maximum atomic E-state index is 12.5. The van der Waals surface area contributed by atoms with Crippen LogP contribution in [0.2, 0.25) is 5.02 Å². The second-order valence-electron chi connectivity index (χ2n) is 6.40. The van der Waals surface area contributed by atoms with Crippen molar-refractivity contribution in [1.29, 1.82) is 0 Å². The molecule has 2 rings (SSSR count). The van der Waals surface area contributed by atoms with Gasteiger partial charge >= 0.3 is 5.97 Å². The van der Waals surface area contributed by atoms with Gasteiger partial charge < -0.3 is 10.4 Å². The summed E-state index contributed by atoms with van der Waals surface area (Å²) in [4.78, 5) is 25.2. The smallest absolute Gasteiger partial charge is 0.307 e. The van der Waals surface area contributed by atoms with Crippen LogP contribution in [0.15, 0.2) is 54.6 Å². The minimum Gasteiger partial charge on any atom is -0.481 e. The normalized spacial score (nSPS) is 13.2. The molecule has 138 valence electrons. The minimum atomic E-state index is -0.877. The van der Waals surface area contributed by atoms with Crippen molar-refractivity contribution in [2.45, 2.75) is 13.0 Å². The molecule has 0 aromatic heterocycles. The second kappa shape index (κ2) is 9.36. The van der Waals surface area contributed by atoms with Gasteiger partial charge in [0, 0.05) is 11.6 Å². The SMILES string of the molecule is CC(CN(C)CC(=O)NC(c1ccccc1)c1cccc(Cl)c1)C(=O)O. The molecule has 2 unspecified atom stereocenters. The number of carboxylic acids is 1. The molecule has 5 nitrogen and oxygen atoms in total. The number of nitrogens with zero attached hydrogens (tertiary/aromatic N) is 1. The van der Waals surface area contributed by atoms with Gasteiger partial charge in [-0.1, -0.05) is 61.0 Å². The predicted molar refractivity (Wildman–Crippen MR) is 102 cm³/mol. The van der Waals surface area contributed by atoms with Gasteiger partial charge in [-0.2, -0.15) is 0 Å². The fourth-order valence-electron chi connectivity index (χ4n) is 2.75. The highest BCUT2D eigenvalue weighted by molar-refractivity contribution is 6.30. The Bertz CT molecular complexity index is 752. The van der Waals surface area contributed by atoms with Crippen LogP contribution in [-0.2, 0) is 9.59 Å². The van der Waals surface area contributed by atoms with Crippen LogP contribution >= 0.6 is 11.6 Å². The van der Waals surface area contributed by atoms with Crippen LogP contribution in [0.25, 0.3) is 0 Å². The number of benzene rings is 2. The Hall–Kier alpha value is -2.37. The van der Waals surface area contributed by atoms with Gasteiger partial charge in [0.25, 0.3) is 0 Å². The molecule has 26 heavy (non-hydrogen) atoms. The number of rotatable bonds is 8. The van der Waals surface area contributed by atoms with Crippen LogP contribution in [0.5, 0.6) is 0 Å². The topological polar surface area (TPSA) is 69.6 Å². The van der Waals surface area contributed by atoms with Gasteiger partial charge in [0.05, 0.1) is 18.5 Å². The molecule has 0 heterocycles. The zero-order valence-corrected chi connectivity index (χ0v) is 15.6. The average Bonchev–Trinajstić information content (AvgIpc) is 2.60. The monoisotopic (exact) mass is 374 g/mol. The maximum absolute atomic E-state index is 12.5. The summed E-state index contributed by atoms with van der Waals surface area (Å²) < 4.78 is 0. The van der Waals surface area contributed by atoms with E-state index in [9.17, 15) is 9.59 Å². The number of halogens is 1. The lowest BCUT2D eigenvalue weighted by molar-refractivity contribution is -0.142. The summed E-state index contributed by atoms with van der Waals surface area (Å²) >= 11 is 6.11. The van der Waals surface area contributed by atoms with E-state index in [-0.39, 0.29) is 18.5 Å². The largest absolute Gasteiger partial charge is 0.481 e. The molecule has 0 saturated carbocycles. The molecule has 2 atom stereocenters. The van der Waals surface area contributed by atoms with Crippen LogP contribution in [0.1, 0.15) is 24.1 Å². The second-order valence-corrected chi connectivity index (χ2v) is 6.84. The molecule has 0 spiro atoms. The molecule has 0 bridgehead atoms. The lowest BCUT2D eigenvalue weighted by atomic mass is 9.98. The summed E-state index contributed by atoms with van der Waals surface area (Å²) in [5.41, 5.74) is 1.84. The molecule has 0 aliphatic carbocycles. The van der Waals surface area contributed by atoms with Crippen molar-refractivity contribution in [3.63, 3.8) is 0 Å². The number of aliphatic carboxylic acids is 1. The van der Waals surface area contributed by atoms with Crippen LogP contribution < -0.4 is 5.32 Å². The van der Waals surface area contributed by atoms with E-state index < -0.39 is 11.9 Å². The quantitative estimate of drug-likeness (QED) is 0.744. The van der Waals surface area contributed by atoms with Gasteiger partial charge in [-0.25, -0.2) is 0 Å². The van der Waals surface area contributed by atoms with Crippen LogP contribution in [-0.4, -0.2) is 42.0 Å². The third-order valence-corrected chi connectivity index (χ3v) is 4.28. The maximum Gasteiger partial charge on any atom is 0.307 e. The molecule has 2 N–H and O–H groups in total. The summed E-state index contributed by atoms with van der Waals surface area (Å²) in [7, 11) is 1.73. The van der Waals surface area contributed by atoms with Crippen molar-refractivity contribution in [2.24, 2.45) is 5.92 Å². The summed E-state index contributed by atoms with van der Waals surface area (Å²) in [5.74, 6) is -1.59. The third kappa shape index (κ3) is 5.86. The first-order valence-electron chi connectivity index (χ1n) is 8.38. The molecule has 2 aromatic carbocycles. The molecule has 0 radical (unpaired) electrons. The first kappa shape index (κ1) is 19.9. The highest BCUT2D eigenvalue weighted by Crippen LogP contribution is 2.24. The predicted octanol–water partition coefficient (Wildman–Crippen LogP) is 3.20. The summed E-state index contributed by atoms with van der Waals surface area (Å²) in [5, 5.41) is 12.6. The highest BCUT2D eigenvalue weighted by Gasteiger charge is 2.20. The Morgan fingerprint density at radius 2 is 1.77 bits per heavy atom. The van der Waals surface area contributed by atoms with Gasteiger partial charge in [-0.3, -0.25) is 14.5 Å². The van der Waals surface area contributed by atoms with Gasteiger partial charge in [-0.15, -0.1) is 0 Å². The van der Waals surface area contributed by atoms with Crippen molar-refractivity contribution in [3.05, 3.63) is 70.7 Å². The zero-order valence-electron chi connectivity index (χ0n) is 14.9. The molecule has 0 fully saturated rings. The number of carbonyl (C=O) groups excluding carboxylic acids is 1. The summed E-state index contributed by atoms with van der Waals surface area (Å²) in [6, 6.07) is 16.7. The summed E-state index contributed by atoms with van der Waals surface area (Å²) in [6.45, 7) is 2.03. The fraction of sp³-hybridized carbons (Fsp3) is 0.300. The van der Waals surface area contributed by atoms with Crippen LogP contribution in [0.3, 0.4) is 0 Å². The van der Waals surface area contributed by atoms with E-state index in [4.69, 9.17) is 16.7 Å². The first-order chi connectivity index (χ1) is 12.4.